The van der Waals surface area contributed by atoms with Crippen molar-refractivity contribution in [1.29, 1.82) is 0 Å². The minimum absolute atomic E-state index is 0.0957. The smallest absolute Gasteiger partial charge is 0.347 e. The lowest BCUT2D eigenvalue weighted by atomic mass is 9.99. The van der Waals surface area contributed by atoms with Crippen molar-refractivity contribution in [1.82, 2.24) is 9.80 Å². The van der Waals surface area contributed by atoms with Crippen LogP contribution in [0.3, 0.4) is 0 Å². The molecule has 0 aromatic heterocycles. The summed E-state index contributed by atoms with van der Waals surface area (Å²) in [5.41, 5.74) is -0.0699. The first-order valence-electron chi connectivity index (χ1n) is 7.43. The second-order valence-corrected chi connectivity index (χ2v) is 5.85. The number of benzene rings is 1. The number of carbonyl (C=O) groups excluding carboxylic acids is 1. The molecule has 1 aromatic rings. The van der Waals surface area contributed by atoms with Crippen molar-refractivity contribution in [3.8, 4) is 0 Å². The molecule has 1 unspecified atom stereocenters. The zero-order chi connectivity index (χ0) is 16.3. The van der Waals surface area contributed by atoms with Crippen molar-refractivity contribution in [2.24, 2.45) is 0 Å². The summed E-state index contributed by atoms with van der Waals surface area (Å²) in [4.78, 5) is 16.0. The van der Waals surface area contributed by atoms with Gasteiger partial charge in [-0.15, -0.1) is 0 Å². The highest BCUT2D eigenvalue weighted by Gasteiger charge is 2.33. The molecule has 0 saturated carbocycles. The molecule has 0 bridgehead atoms. The van der Waals surface area contributed by atoms with Crippen LogP contribution in [0, 0.1) is 0 Å². The summed E-state index contributed by atoms with van der Waals surface area (Å²) in [6.45, 7) is 1.59. The predicted molar refractivity (Wildman–Crippen MR) is 78.3 cm³/mol. The molecular formula is C16H21F3N2O. The van der Waals surface area contributed by atoms with Crippen molar-refractivity contribution in [2.75, 3.05) is 27.2 Å². The number of carbonyl (C=O) groups is 1. The van der Waals surface area contributed by atoms with Gasteiger partial charge in [-0.2, -0.15) is 13.2 Å². The minimum Gasteiger partial charge on any atom is -0.347 e. The Labute approximate surface area is 128 Å². The molecule has 1 saturated heterocycles. The Hall–Kier alpha value is -1.56. The predicted octanol–water partition coefficient (Wildman–Crippen LogP) is 3.32. The maximum Gasteiger partial charge on any atom is 0.416 e. The molecule has 2 rings (SSSR count). The van der Waals surface area contributed by atoms with Crippen molar-refractivity contribution in [3.63, 3.8) is 0 Å². The van der Waals surface area contributed by atoms with Crippen LogP contribution in [-0.4, -0.2) is 42.9 Å². The number of rotatable bonds is 3. The third-order valence-corrected chi connectivity index (χ3v) is 3.98. The van der Waals surface area contributed by atoms with E-state index < -0.39 is 17.8 Å². The highest BCUT2D eigenvalue weighted by molar-refractivity contribution is 5.82. The standard InChI is InChI=1S/C16H21F3N2O/c1-20(2)15(22)14(21-10-4-3-5-11-21)12-6-8-13(9-7-12)16(17,18)19/h6-9,14H,3-5,10-11H2,1-2H3. The Morgan fingerprint density at radius 3 is 2.09 bits per heavy atom. The van der Waals surface area contributed by atoms with Gasteiger partial charge in [-0.1, -0.05) is 18.6 Å². The van der Waals surface area contributed by atoms with Crippen LogP contribution in [0.2, 0.25) is 0 Å². The van der Waals surface area contributed by atoms with Crippen LogP contribution >= 0.6 is 0 Å². The van der Waals surface area contributed by atoms with Gasteiger partial charge in [0, 0.05) is 14.1 Å². The molecule has 122 valence electrons. The van der Waals surface area contributed by atoms with E-state index in [0.717, 1.165) is 44.5 Å². The first-order valence-corrected chi connectivity index (χ1v) is 7.43. The lowest BCUT2D eigenvalue weighted by Crippen LogP contribution is -2.42. The van der Waals surface area contributed by atoms with Gasteiger partial charge in [0.2, 0.25) is 5.91 Å². The Morgan fingerprint density at radius 2 is 1.64 bits per heavy atom. The van der Waals surface area contributed by atoms with Crippen molar-refractivity contribution >= 4 is 5.91 Å². The van der Waals surface area contributed by atoms with Gasteiger partial charge in [-0.05, 0) is 43.6 Å². The number of hydrogen-bond acceptors (Lipinski definition) is 2. The molecule has 1 atom stereocenters. The van der Waals surface area contributed by atoms with Gasteiger partial charge >= 0.3 is 6.18 Å². The van der Waals surface area contributed by atoms with Crippen molar-refractivity contribution in [3.05, 3.63) is 35.4 Å². The van der Waals surface area contributed by atoms with E-state index in [1.807, 2.05) is 0 Å². The monoisotopic (exact) mass is 314 g/mol. The number of likely N-dealkylation sites (tertiary alicyclic amines) is 1. The summed E-state index contributed by atoms with van der Waals surface area (Å²) < 4.78 is 38.0. The molecule has 0 N–H and O–H groups in total. The second-order valence-electron chi connectivity index (χ2n) is 5.85. The first kappa shape index (κ1) is 16.8. The number of nitrogens with zero attached hydrogens (tertiary/aromatic N) is 2. The normalized spacial score (nSPS) is 18.0. The van der Waals surface area contributed by atoms with Crippen LogP contribution in [0.5, 0.6) is 0 Å². The fourth-order valence-electron chi connectivity index (χ4n) is 2.79. The molecule has 0 spiro atoms. The molecule has 1 fully saturated rings. The highest BCUT2D eigenvalue weighted by Crippen LogP contribution is 2.32. The van der Waals surface area contributed by atoms with Gasteiger partial charge in [-0.25, -0.2) is 0 Å². The van der Waals surface area contributed by atoms with Gasteiger partial charge in [-0.3, -0.25) is 9.69 Å². The van der Waals surface area contributed by atoms with Gasteiger partial charge in [0.15, 0.2) is 0 Å². The summed E-state index contributed by atoms with van der Waals surface area (Å²) in [6.07, 6.45) is -1.20. The average molecular weight is 314 g/mol. The van der Waals surface area contributed by atoms with Crippen molar-refractivity contribution < 1.29 is 18.0 Å². The Bertz CT molecular complexity index is 505. The fourth-order valence-corrected chi connectivity index (χ4v) is 2.79. The summed E-state index contributed by atoms with van der Waals surface area (Å²) in [6, 6.07) is 4.44. The summed E-state index contributed by atoms with van der Waals surface area (Å²) in [5, 5.41) is 0. The van der Waals surface area contributed by atoms with Crippen LogP contribution in [0.1, 0.15) is 36.4 Å². The van der Waals surface area contributed by atoms with E-state index in [4.69, 9.17) is 0 Å². The molecule has 3 nitrogen and oxygen atoms in total. The molecule has 1 amide bonds. The Balaban J connectivity index is 2.30. The van der Waals surface area contributed by atoms with Crippen LogP contribution in [0.15, 0.2) is 24.3 Å². The topological polar surface area (TPSA) is 23.6 Å². The molecule has 22 heavy (non-hydrogen) atoms. The number of likely N-dealkylation sites (N-methyl/N-ethyl adjacent to an activating group) is 1. The molecule has 6 heteroatoms. The zero-order valence-corrected chi connectivity index (χ0v) is 12.9. The number of hydrogen-bond donors (Lipinski definition) is 0. The summed E-state index contributed by atoms with van der Waals surface area (Å²) >= 11 is 0. The number of piperidine rings is 1. The molecule has 1 heterocycles. The molecule has 0 radical (unpaired) electrons. The molecule has 1 aromatic carbocycles. The van der Waals surface area contributed by atoms with Gasteiger partial charge < -0.3 is 4.90 Å². The van der Waals surface area contributed by atoms with E-state index in [1.54, 1.807) is 14.1 Å². The highest BCUT2D eigenvalue weighted by atomic mass is 19.4. The Morgan fingerprint density at radius 1 is 1.09 bits per heavy atom. The van der Waals surface area contributed by atoms with E-state index in [2.05, 4.69) is 4.90 Å². The van der Waals surface area contributed by atoms with E-state index in [0.29, 0.717) is 5.56 Å². The summed E-state index contributed by atoms with van der Waals surface area (Å²) in [7, 11) is 3.34. The minimum atomic E-state index is -4.36. The fraction of sp³-hybridized carbons (Fsp3) is 0.562. The van der Waals surface area contributed by atoms with Crippen LogP contribution < -0.4 is 0 Å². The number of halogens is 3. The molecule has 1 aliphatic heterocycles. The maximum absolute atomic E-state index is 12.7. The van der Waals surface area contributed by atoms with Crippen molar-refractivity contribution in [2.45, 2.75) is 31.5 Å². The third-order valence-electron chi connectivity index (χ3n) is 3.98. The van der Waals surface area contributed by atoms with Crippen LogP contribution in [-0.2, 0) is 11.0 Å². The second kappa shape index (κ2) is 6.69. The van der Waals surface area contributed by atoms with Crippen LogP contribution in [0.25, 0.3) is 0 Å². The average Bonchev–Trinajstić information content (AvgIpc) is 2.48. The number of amides is 1. The van der Waals surface area contributed by atoms with Gasteiger partial charge in [0.1, 0.15) is 6.04 Å². The third kappa shape index (κ3) is 3.80. The van der Waals surface area contributed by atoms with E-state index in [9.17, 15) is 18.0 Å². The lowest BCUT2D eigenvalue weighted by molar-refractivity contribution is -0.137. The van der Waals surface area contributed by atoms with Crippen LogP contribution in [0.4, 0.5) is 13.2 Å². The largest absolute Gasteiger partial charge is 0.416 e. The SMILES string of the molecule is CN(C)C(=O)C(c1ccc(C(F)(F)F)cc1)N1CCCCC1. The molecule has 0 aliphatic carbocycles. The first-order chi connectivity index (χ1) is 10.3. The van der Waals surface area contributed by atoms with Gasteiger partial charge in [0.05, 0.1) is 5.56 Å². The number of alkyl halides is 3. The quantitative estimate of drug-likeness (QED) is 0.854. The van der Waals surface area contributed by atoms with Gasteiger partial charge in [0.25, 0.3) is 0 Å². The van der Waals surface area contributed by atoms with E-state index in [-0.39, 0.29) is 5.91 Å². The maximum atomic E-state index is 12.7. The lowest BCUT2D eigenvalue weighted by Gasteiger charge is -2.35. The van der Waals surface area contributed by atoms with E-state index >= 15 is 0 Å². The molecule has 1 aliphatic rings. The summed E-state index contributed by atoms with van der Waals surface area (Å²) in [5.74, 6) is -0.0957. The molecular weight excluding hydrogens is 293 g/mol. The Kier molecular flexibility index (Phi) is 5.11. The van der Waals surface area contributed by atoms with E-state index in [1.165, 1.54) is 17.0 Å². The zero-order valence-electron chi connectivity index (χ0n) is 12.9.